The summed E-state index contributed by atoms with van der Waals surface area (Å²) < 4.78 is 0. The molecule has 1 rings (SSSR count). The number of carbonyl (C=O) groups excluding carboxylic acids is 1. The minimum atomic E-state index is -0.834. The van der Waals surface area contributed by atoms with Gasteiger partial charge in [-0.1, -0.05) is 13.3 Å². The summed E-state index contributed by atoms with van der Waals surface area (Å²) in [6.07, 6.45) is 3.49. The normalized spacial score (nSPS) is 23.4. The van der Waals surface area contributed by atoms with Crippen LogP contribution in [0.15, 0.2) is 0 Å². The molecule has 0 aromatic rings. The Morgan fingerprint density at radius 3 is 2.59 bits per heavy atom. The molecule has 0 heterocycles. The highest BCUT2D eigenvalue weighted by Gasteiger charge is 2.38. The maximum atomic E-state index is 12.0. The molecule has 4 nitrogen and oxygen atoms in total. The topological polar surface area (TPSA) is 52.6 Å². The summed E-state index contributed by atoms with van der Waals surface area (Å²) in [5, 5.41) is 12.8. The second kappa shape index (κ2) is 5.71. The number of nitrogens with one attached hydrogen (secondary N) is 1. The Kier molecular flexibility index (Phi) is 4.80. The SMILES string of the molecule is CCCC1CC1NC(=O)N(CC)CC(C)(C)O. The minimum absolute atomic E-state index is 0.0433. The molecule has 1 aliphatic carbocycles. The number of hydrogen-bond donors (Lipinski definition) is 2. The molecule has 0 spiro atoms. The van der Waals surface area contributed by atoms with E-state index in [0.717, 1.165) is 6.42 Å². The Balaban J connectivity index is 2.35. The van der Waals surface area contributed by atoms with E-state index in [1.807, 2.05) is 6.92 Å². The first-order valence-corrected chi connectivity index (χ1v) is 6.65. The fourth-order valence-corrected chi connectivity index (χ4v) is 2.16. The molecule has 0 bridgehead atoms. The summed E-state index contributed by atoms with van der Waals surface area (Å²) in [6, 6.07) is 0.316. The fourth-order valence-electron chi connectivity index (χ4n) is 2.16. The molecule has 1 aliphatic rings. The molecule has 0 aromatic carbocycles. The summed E-state index contributed by atoms with van der Waals surface area (Å²) in [7, 11) is 0. The lowest BCUT2D eigenvalue weighted by Gasteiger charge is -2.28. The minimum Gasteiger partial charge on any atom is -0.389 e. The van der Waals surface area contributed by atoms with Crippen molar-refractivity contribution in [2.75, 3.05) is 13.1 Å². The van der Waals surface area contributed by atoms with Crippen molar-refractivity contribution >= 4 is 6.03 Å². The molecule has 0 aliphatic heterocycles. The number of urea groups is 1. The number of hydrogen-bond acceptors (Lipinski definition) is 2. The first-order valence-electron chi connectivity index (χ1n) is 6.65. The van der Waals surface area contributed by atoms with Crippen LogP contribution >= 0.6 is 0 Å². The molecular formula is C13H26N2O2. The molecule has 2 N–H and O–H groups in total. The first-order chi connectivity index (χ1) is 7.87. The van der Waals surface area contributed by atoms with Crippen LogP contribution in [0.4, 0.5) is 4.79 Å². The summed E-state index contributed by atoms with van der Waals surface area (Å²) in [6.45, 7) is 8.55. The van der Waals surface area contributed by atoms with Crippen LogP contribution in [0, 0.1) is 5.92 Å². The van der Waals surface area contributed by atoms with E-state index < -0.39 is 5.60 Å². The highest BCUT2D eigenvalue weighted by atomic mass is 16.3. The van der Waals surface area contributed by atoms with Crippen molar-refractivity contribution < 1.29 is 9.90 Å². The zero-order valence-corrected chi connectivity index (χ0v) is 11.5. The van der Waals surface area contributed by atoms with Crippen LogP contribution in [0.25, 0.3) is 0 Å². The van der Waals surface area contributed by atoms with Crippen LogP contribution in [0.1, 0.15) is 47.0 Å². The van der Waals surface area contributed by atoms with Crippen LogP contribution < -0.4 is 5.32 Å². The highest BCUT2D eigenvalue weighted by molar-refractivity contribution is 5.75. The van der Waals surface area contributed by atoms with Gasteiger partial charge in [0, 0.05) is 12.6 Å². The van der Waals surface area contributed by atoms with Gasteiger partial charge in [0.25, 0.3) is 0 Å². The summed E-state index contributed by atoms with van der Waals surface area (Å²) in [5.74, 6) is 0.671. The maximum absolute atomic E-state index is 12.0. The smallest absolute Gasteiger partial charge is 0.317 e. The van der Waals surface area contributed by atoms with Gasteiger partial charge >= 0.3 is 6.03 Å². The zero-order valence-electron chi connectivity index (χ0n) is 11.5. The standard InChI is InChI=1S/C13H26N2O2/c1-5-7-10-8-11(10)14-12(16)15(6-2)9-13(3,4)17/h10-11,17H,5-9H2,1-4H3,(H,14,16). The molecule has 2 unspecified atom stereocenters. The Hall–Kier alpha value is -0.770. The van der Waals surface area contributed by atoms with Crippen LogP contribution in [-0.2, 0) is 0 Å². The quantitative estimate of drug-likeness (QED) is 0.748. The summed E-state index contributed by atoms with van der Waals surface area (Å²) in [5.41, 5.74) is -0.834. The van der Waals surface area contributed by atoms with E-state index >= 15 is 0 Å². The predicted octanol–water partition coefficient (Wildman–Crippen LogP) is 1.98. The molecule has 17 heavy (non-hydrogen) atoms. The zero-order chi connectivity index (χ0) is 13.1. The van der Waals surface area contributed by atoms with Crippen LogP contribution in [0.5, 0.6) is 0 Å². The van der Waals surface area contributed by atoms with Crippen LogP contribution in [0.3, 0.4) is 0 Å². The van der Waals surface area contributed by atoms with Gasteiger partial charge in [-0.3, -0.25) is 0 Å². The number of carbonyl (C=O) groups is 1. The van der Waals surface area contributed by atoms with Crippen molar-refractivity contribution in [1.82, 2.24) is 10.2 Å². The van der Waals surface area contributed by atoms with Crippen LogP contribution in [-0.4, -0.2) is 40.8 Å². The van der Waals surface area contributed by atoms with E-state index in [9.17, 15) is 9.90 Å². The average Bonchev–Trinajstić information content (AvgIpc) is 2.92. The highest BCUT2D eigenvalue weighted by Crippen LogP contribution is 2.34. The monoisotopic (exact) mass is 242 g/mol. The number of rotatable bonds is 6. The third kappa shape index (κ3) is 4.94. The van der Waals surface area contributed by atoms with Gasteiger partial charge in [-0.15, -0.1) is 0 Å². The van der Waals surface area contributed by atoms with Gasteiger partial charge in [0.15, 0.2) is 0 Å². The summed E-state index contributed by atoms with van der Waals surface area (Å²) >= 11 is 0. The van der Waals surface area contributed by atoms with Crippen molar-refractivity contribution in [2.45, 2.75) is 58.6 Å². The third-order valence-electron chi connectivity index (χ3n) is 3.14. The molecular weight excluding hydrogens is 216 g/mol. The van der Waals surface area contributed by atoms with Crippen molar-refractivity contribution in [3.05, 3.63) is 0 Å². The van der Waals surface area contributed by atoms with Crippen molar-refractivity contribution in [3.8, 4) is 0 Å². The lowest BCUT2D eigenvalue weighted by Crippen LogP contribution is -2.47. The van der Waals surface area contributed by atoms with E-state index in [2.05, 4.69) is 12.2 Å². The number of likely N-dealkylation sites (N-methyl/N-ethyl adjacent to an activating group) is 1. The number of amides is 2. The van der Waals surface area contributed by atoms with Crippen molar-refractivity contribution in [2.24, 2.45) is 5.92 Å². The first kappa shape index (κ1) is 14.3. The second-order valence-electron chi connectivity index (χ2n) is 5.67. The Morgan fingerprint density at radius 2 is 2.12 bits per heavy atom. The molecule has 0 saturated heterocycles. The third-order valence-corrected chi connectivity index (χ3v) is 3.14. The molecule has 2 amide bonds. The van der Waals surface area contributed by atoms with E-state index in [-0.39, 0.29) is 6.03 Å². The predicted molar refractivity (Wildman–Crippen MR) is 68.9 cm³/mol. The average molecular weight is 242 g/mol. The van der Waals surface area contributed by atoms with Gasteiger partial charge < -0.3 is 15.3 Å². The van der Waals surface area contributed by atoms with E-state index in [1.54, 1.807) is 18.7 Å². The lowest BCUT2D eigenvalue weighted by molar-refractivity contribution is 0.0479. The molecule has 0 radical (unpaired) electrons. The molecule has 0 aromatic heterocycles. The maximum Gasteiger partial charge on any atom is 0.317 e. The fraction of sp³-hybridized carbons (Fsp3) is 0.923. The molecule has 2 atom stereocenters. The lowest BCUT2D eigenvalue weighted by atomic mass is 10.1. The Morgan fingerprint density at radius 1 is 1.47 bits per heavy atom. The molecule has 100 valence electrons. The van der Waals surface area contributed by atoms with Gasteiger partial charge in [0.05, 0.1) is 12.1 Å². The molecule has 4 heteroatoms. The molecule has 1 fully saturated rings. The Labute approximate surface area is 104 Å². The van der Waals surface area contributed by atoms with Gasteiger partial charge in [-0.2, -0.15) is 0 Å². The van der Waals surface area contributed by atoms with E-state index in [4.69, 9.17) is 0 Å². The van der Waals surface area contributed by atoms with Crippen molar-refractivity contribution in [1.29, 1.82) is 0 Å². The molecule has 1 saturated carbocycles. The van der Waals surface area contributed by atoms with Gasteiger partial charge in [0.1, 0.15) is 0 Å². The number of nitrogens with zero attached hydrogens (tertiary/aromatic N) is 1. The van der Waals surface area contributed by atoms with Gasteiger partial charge in [-0.05, 0) is 39.5 Å². The van der Waals surface area contributed by atoms with Crippen LogP contribution in [0.2, 0.25) is 0 Å². The second-order valence-corrected chi connectivity index (χ2v) is 5.67. The van der Waals surface area contributed by atoms with E-state index in [0.29, 0.717) is 25.0 Å². The Bertz CT molecular complexity index is 261. The largest absolute Gasteiger partial charge is 0.389 e. The summed E-state index contributed by atoms with van der Waals surface area (Å²) in [4.78, 5) is 13.6. The van der Waals surface area contributed by atoms with Gasteiger partial charge in [-0.25, -0.2) is 4.79 Å². The van der Waals surface area contributed by atoms with E-state index in [1.165, 1.54) is 12.8 Å². The number of aliphatic hydroxyl groups is 1. The van der Waals surface area contributed by atoms with Crippen molar-refractivity contribution in [3.63, 3.8) is 0 Å². The van der Waals surface area contributed by atoms with Gasteiger partial charge in [0.2, 0.25) is 0 Å².